The number of carbonyl (C=O) groups is 3. The number of amides is 3. The molecule has 0 fully saturated rings. The number of para-hydroxylation sites is 1. The fourth-order valence-corrected chi connectivity index (χ4v) is 2.48. The van der Waals surface area contributed by atoms with Crippen molar-refractivity contribution in [2.45, 2.75) is 6.92 Å². The van der Waals surface area contributed by atoms with Gasteiger partial charge in [0.05, 0.1) is 0 Å². The molecule has 7 heteroatoms. The van der Waals surface area contributed by atoms with Gasteiger partial charge in [0.2, 0.25) is 5.91 Å². The molecule has 3 N–H and O–H groups in total. The number of pyridine rings is 1. The van der Waals surface area contributed by atoms with Gasteiger partial charge in [0, 0.05) is 24.0 Å². The number of carbonyl (C=O) groups excluding carboxylic acids is 3. The lowest BCUT2D eigenvalue weighted by molar-refractivity contribution is -0.114. The van der Waals surface area contributed by atoms with Crippen molar-refractivity contribution in [2.24, 2.45) is 0 Å². The van der Waals surface area contributed by atoms with Crippen molar-refractivity contribution < 1.29 is 14.4 Å². The van der Waals surface area contributed by atoms with Gasteiger partial charge in [0.25, 0.3) is 11.8 Å². The van der Waals surface area contributed by atoms with Gasteiger partial charge in [0.1, 0.15) is 11.4 Å². The average molecular weight is 374 g/mol. The summed E-state index contributed by atoms with van der Waals surface area (Å²) >= 11 is 0. The highest BCUT2D eigenvalue weighted by atomic mass is 16.2. The molecule has 0 aliphatic heterocycles. The minimum absolute atomic E-state index is 0.102. The van der Waals surface area contributed by atoms with E-state index in [0.29, 0.717) is 17.1 Å². The lowest BCUT2D eigenvalue weighted by atomic mass is 10.2. The predicted molar refractivity (Wildman–Crippen MR) is 107 cm³/mol. The van der Waals surface area contributed by atoms with Gasteiger partial charge in [-0.15, -0.1) is 0 Å². The van der Waals surface area contributed by atoms with Crippen LogP contribution in [0.5, 0.6) is 0 Å². The van der Waals surface area contributed by atoms with E-state index in [0.717, 1.165) is 0 Å². The van der Waals surface area contributed by atoms with Crippen molar-refractivity contribution in [3.63, 3.8) is 0 Å². The minimum atomic E-state index is -0.464. The van der Waals surface area contributed by atoms with Crippen LogP contribution in [0.2, 0.25) is 0 Å². The van der Waals surface area contributed by atoms with E-state index in [4.69, 9.17) is 0 Å². The molecule has 0 spiro atoms. The Morgan fingerprint density at radius 2 is 1.14 bits per heavy atom. The lowest BCUT2D eigenvalue weighted by Gasteiger charge is -2.09. The molecule has 3 amide bonds. The van der Waals surface area contributed by atoms with Crippen molar-refractivity contribution in [1.29, 1.82) is 0 Å². The molecule has 0 saturated heterocycles. The summed E-state index contributed by atoms with van der Waals surface area (Å²) in [5.41, 5.74) is 1.93. The van der Waals surface area contributed by atoms with Crippen molar-refractivity contribution in [3.8, 4) is 0 Å². The Kier molecular flexibility index (Phi) is 5.76. The second kappa shape index (κ2) is 8.59. The molecular weight excluding hydrogens is 356 g/mol. The molecule has 0 aliphatic carbocycles. The van der Waals surface area contributed by atoms with E-state index in [1.165, 1.54) is 19.1 Å². The van der Waals surface area contributed by atoms with Crippen LogP contribution in [0.4, 0.5) is 17.1 Å². The van der Waals surface area contributed by atoms with Crippen molar-refractivity contribution in [2.75, 3.05) is 16.0 Å². The van der Waals surface area contributed by atoms with Crippen molar-refractivity contribution >= 4 is 34.8 Å². The number of nitrogens with one attached hydrogen (secondary N) is 3. The first-order valence-electron chi connectivity index (χ1n) is 8.54. The summed E-state index contributed by atoms with van der Waals surface area (Å²) in [4.78, 5) is 40.1. The third-order valence-corrected chi connectivity index (χ3v) is 3.69. The first-order valence-corrected chi connectivity index (χ1v) is 8.54. The summed E-state index contributed by atoms with van der Waals surface area (Å²) in [6, 6.07) is 20.4. The molecule has 0 bridgehead atoms. The number of hydrogen-bond acceptors (Lipinski definition) is 4. The van der Waals surface area contributed by atoms with Gasteiger partial charge >= 0.3 is 0 Å². The summed E-state index contributed by atoms with van der Waals surface area (Å²) < 4.78 is 0. The molecule has 28 heavy (non-hydrogen) atoms. The zero-order chi connectivity index (χ0) is 19.9. The Morgan fingerprint density at radius 1 is 0.643 bits per heavy atom. The number of rotatable bonds is 5. The van der Waals surface area contributed by atoms with Crippen LogP contribution < -0.4 is 16.0 Å². The summed E-state index contributed by atoms with van der Waals surface area (Å²) in [5, 5.41) is 8.08. The highest BCUT2D eigenvalue weighted by molar-refractivity contribution is 6.06. The SMILES string of the molecule is CC(=O)Nc1cccc(NC(=O)c2cccc(C(=O)Nc3ccccc3)n2)c1. The summed E-state index contributed by atoms with van der Waals surface area (Å²) in [6.45, 7) is 1.40. The topological polar surface area (TPSA) is 100 Å². The Bertz CT molecular complexity index is 1020. The number of anilines is 3. The fraction of sp³-hybridized carbons (Fsp3) is 0.0476. The van der Waals surface area contributed by atoms with Gasteiger partial charge in [-0.3, -0.25) is 14.4 Å². The molecule has 3 aromatic rings. The number of nitrogens with zero attached hydrogens (tertiary/aromatic N) is 1. The van der Waals surface area contributed by atoms with Crippen LogP contribution in [0.3, 0.4) is 0 Å². The van der Waals surface area contributed by atoms with E-state index in [2.05, 4.69) is 20.9 Å². The molecule has 1 heterocycles. The van der Waals surface area contributed by atoms with E-state index in [1.807, 2.05) is 18.2 Å². The van der Waals surface area contributed by atoms with E-state index >= 15 is 0 Å². The standard InChI is InChI=1S/C21H18N4O3/c1-14(26)22-16-9-5-10-17(13-16)24-21(28)19-12-6-11-18(25-19)20(27)23-15-7-3-2-4-8-15/h2-13H,1H3,(H,22,26)(H,23,27)(H,24,28). The molecule has 0 saturated carbocycles. The lowest BCUT2D eigenvalue weighted by Crippen LogP contribution is -2.18. The zero-order valence-corrected chi connectivity index (χ0v) is 15.1. The van der Waals surface area contributed by atoms with Crippen LogP contribution in [-0.2, 0) is 4.79 Å². The number of benzene rings is 2. The third kappa shape index (κ3) is 5.01. The molecule has 3 rings (SSSR count). The van der Waals surface area contributed by atoms with Crippen LogP contribution >= 0.6 is 0 Å². The second-order valence-corrected chi connectivity index (χ2v) is 5.94. The van der Waals surface area contributed by atoms with Gasteiger partial charge in [-0.1, -0.05) is 30.3 Å². The van der Waals surface area contributed by atoms with Gasteiger partial charge in [0.15, 0.2) is 0 Å². The maximum Gasteiger partial charge on any atom is 0.274 e. The molecule has 7 nitrogen and oxygen atoms in total. The summed E-state index contributed by atoms with van der Waals surface area (Å²) in [7, 11) is 0. The fourth-order valence-electron chi connectivity index (χ4n) is 2.48. The Morgan fingerprint density at radius 3 is 1.75 bits per heavy atom. The Hall–Kier alpha value is -4.00. The second-order valence-electron chi connectivity index (χ2n) is 5.94. The van der Waals surface area contributed by atoms with Crippen molar-refractivity contribution in [3.05, 3.63) is 84.2 Å². The Balaban J connectivity index is 1.72. The van der Waals surface area contributed by atoms with Crippen LogP contribution in [0.1, 0.15) is 27.9 Å². The highest BCUT2D eigenvalue weighted by Crippen LogP contribution is 2.16. The molecule has 1 aromatic heterocycles. The van der Waals surface area contributed by atoms with Crippen LogP contribution in [0, 0.1) is 0 Å². The number of hydrogen-bond donors (Lipinski definition) is 3. The van der Waals surface area contributed by atoms with Crippen LogP contribution in [-0.4, -0.2) is 22.7 Å². The van der Waals surface area contributed by atoms with Gasteiger partial charge in [-0.25, -0.2) is 4.98 Å². The van der Waals surface area contributed by atoms with Crippen molar-refractivity contribution in [1.82, 2.24) is 4.98 Å². The normalized spacial score (nSPS) is 10.0. The Labute approximate surface area is 161 Å². The van der Waals surface area contributed by atoms with Crippen LogP contribution in [0.25, 0.3) is 0 Å². The number of aromatic nitrogens is 1. The maximum absolute atomic E-state index is 12.5. The highest BCUT2D eigenvalue weighted by Gasteiger charge is 2.13. The summed E-state index contributed by atoms with van der Waals surface area (Å²) in [5.74, 6) is -1.08. The first-order chi connectivity index (χ1) is 13.5. The molecule has 2 aromatic carbocycles. The van der Waals surface area contributed by atoms with E-state index in [-0.39, 0.29) is 17.3 Å². The molecule has 0 aliphatic rings. The van der Waals surface area contributed by atoms with Gasteiger partial charge in [-0.05, 0) is 42.5 Å². The van der Waals surface area contributed by atoms with E-state index in [1.54, 1.807) is 42.5 Å². The quantitative estimate of drug-likeness (QED) is 0.636. The third-order valence-electron chi connectivity index (χ3n) is 3.69. The van der Waals surface area contributed by atoms with Gasteiger partial charge in [-0.2, -0.15) is 0 Å². The monoisotopic (exact) mass is 374 g/mol. The van der Waals surface area contributed by atoms with E-state index < -0.39 is 11.8 Å². The molecule has 0 atom stereocenters. The van der Waals surface area contributed by atoms with Crippen LogP contribution in [0.15, 0.2) is 72.8 Å². The molecule has 140 valence electrons. The predicted octanol–water partition coefficient (Wildman–Crippen LogP) is 3.54. The molecule has 0 unspecified atom stereocenters. The molecular formula is C21H18N4O3. The van der Waals surface area contributed by atoms with E-state index in [9.17, 15) is 14.4 Å². The first kappa shape index (κ1) is 18.8. The zero-order valence-electron chi connectivity index (χ0n) is 15.1. The smallest absolute Gasteiger partial charge is 0.274 e. The summed E-state index contributed by atoms with van der Waals surface area (Å²) in [6.07, 6.45) is 0. The largest absolute Gasteiger partial charge is 0.326 e. The average Bonchev–Trinajstić information content (AvgIpc) is 2.68. The molecule has 0 radical (unpaired) electrons. The van der Waals surface area contributed by atoms with Gasteiger partial charge < -0.3 is 16.0 Å². The minimum Gasteiger partial charge on any atom is -0.326 e. The maximum atomic E-state index is 12.5.